The predicted molar refractivity (Wildman–Crippen MR) is 130 cm³/mol. The summed E-state index contributed by atoms with van der Waals surface area (Å²) >= 11 is 0. The number of sulfone groups is 1. The van der Waals surface area contributed by atoms with Crippen LogP contribution in [0.1, 0.15) is 19.3 Å². The molecule has 176 valence electrons. The van der Waals surface area contributed by atoms with Gasteiger partial charge < -0.3 is 9.47 Å². The number of rotatable bonds is 6. The molecule has 2 aliphatic rings. The topological polar surface area (TPSA) is 73.7 Å². The van der Waals surface area contributed by atoms with Gasteiger partial charge in [0.25, 0.3) is 0 Å². The van der Waals surface area contributed by atoms with E-state index < -0.39 is 9.84 Å². The molecule has 1 fully saturated rings. The van der Waals surface area contributed by atoms with Crippen molar-refractivity contribution in [3.8, 4) is 11.5 Å². The molecule has 6 rings (SSSR count). The van der Waals surface area contributed by atoms with Crippen LogP contribution in [0.3, 0.4) is 0 Å². The zero-order valence-corrected chi connectivity index (χ0v) is 19.8. The summed E-state index contributed by atoms with van der Waals surface area (Å²) in [6, 6.07) is 16.5. The van der Waals surface area contributed by atoms with E-state index in [1.54, 1.807) is 22.9 Å². The fourth-order valence-electron chi connectivity index (χ4n) is 5.03. The number of benzene rings is 3. The first-order valence-electron chi connectivity index (χ1n) is 11.9. The minimum Gasteiger partial charge on any atom is -0.492 e. The number of likely N-dealkylation sites (tertiary alicyclic amines) is 1. The lowest BCUT2D eigenvalue weighted by Crippen LogP contribution is -2.33. The maximum absolute atomic E-state index is 13.9. The van der Waals surface area contributed by atoms with E-state index in [0.29, 0.717) is 47.5 Å². The van der Waals surface area contributed by atoms with Gasteiger partial charge >= 0.3 is 0 Å². The quantitative estimate of drug-likeness (QED) is 0.413. The highest BCUT2D eigenvalue weighted by atomic mass is 32.2. The van der Waals surface area contributed by atoms with Crippen LogP contribution in [0.2, 0.25) is 0 Å². The van der Waals surface area contributed by atoms with E-state index in [4.69, 9.17) is 9.47 Å². The summed E-state index contributed by atoms with van der Waals surface area (Å²) < 4.78 is 41.5. The van der Waals surface area contributed by atoms with Gasteiger partial charge in [0.05, 0.1) is 11.4 Å². The molecule has 0 amide bonds. The molecular formula is C26H27N3O4S. The van der Waals surface area contributed by atoms with Crippen molar-refractivity contribution >= 4 is 31.5 Å². The van der Waals surface area contributed by atoms with E-state index in [-0.39, 0.29) is 9.92 Å². The molecule has 1 aromatic heterocycles. The van der Waals surface area contributed by atoms with Crippen molar-refractivity contribution < 1.29 is 17.9 Å². The van der Waals surface area contributed by atoms with Gasteiger partial charge in [0.15, 0.2) is 5.03 Å². The molecule has 0 unspecified atom stereocenters. The second-order valence-corrected chi connectivity index (χ2v) is 10.8. The number of piperidine rings is 1. The zero-order valence-electron chi connectivity index (χ0n) is 18.9. The largest absolute Gasteiger partial charge is 0.492 e. The summed E-state index contributed by atoms with van der Waals surface area (Å²) in [4.78, 5) is 2.67. The lowest BCUT2D eigenvalue weighted by atomic mass is 10.1. The molecule has 8 heteroatoms. The van der Waals surface area contributed by atoms with Crippen LogP contribution in [-0.4, -0.2) is 55.9 Å². The van der Waals surface area contributed by atoms with Crippen molar-refractivity contribution in [1.82, 2.24) is 14.7 Å². The Morgan fingerprint density at radius 2 is 1.76 bits per heavy atom. The van der Waals surface area contributed by atoms with Crippen LogP contribution >= 0.6 is 0 Å². The summed E-state index contributed by atoms with van der Waals surface area (Å²) in [5, 5.41) is 6.71. The minimum atomic E-state index is -3.88. The first-order valence-corrected chi connectivity index (χ1v) is 13.3. The van der Waals surface area contributed by atoms with Gasteiger partial charge in [0.1, 0.15) is 30.2 Å². The van der Waals surface area contributed by atoms with E-state index in [1.807, 2.05) is 36.4 Å². The number of hydrogen-bond donors (Lipinski definition) is 0. The van der Waals surface area contributed by atoms with Crippen LogP contribution in [0.25, 0.3) is 21.7 Å². The maximum Gasteiger partial charge on any atom is 0.226 e. The van der Waals surface area contributed by atoms with Crippen LogP contribution in [-0.2, 0) is 16.4 Å². The fourth-order valence-corrected chi connectivity index (χ4v) is 6.62. The van der Waals surface area contributed by atoms with E-state index >= 15 is 0 Å². The lowest BCUT2D eigenvalue weighted by molar-refractivity contribution is 0.183. The average Bonchev–Trinajstić information content (AvgIpc) is 3.25. The predicted octanol–water partition coefficient (Wildman–Crippen LogP) is 4.28. The van der Waals surface area contributed by atoms with Gasteiger partial charge in [0, 0.05) is 23.4 Å². The van der Waals surface area contributed by atoms with Gasteiger partial charge in [-0.05, 0) is 43.5 Å². The number of fused-ring (bicyclic) bond motifs is 1. The normalized spacial score (nSPS) is 16.6. The van der Waals surface area contributed by atoms with E-state index in [2.05, 4.69) is 10.00 Å². The van der Waals surface area contributed by atoms with E-state index in [0.717, 1.165) is 25.0 Å². The van der Waals surface area contributed by atoms with E-state index in [9.17, 15) is 8.42 Å². The molecule has 0 aliphatic carbocycles. The molecule has 4 aromatic rings. The van der Waals surface area contributed by atoms with Gasteiger partial charge in [0.2, 0.25) is 9.84 Å². The van der Waals surface area contributed by atoms with Crippen LogP contribution in [0.15, 0.2) is 64.5 Å². The highest BCUT2D eigenvalue weighted by molar-refractivity contribution is 7.91. The highest BCUT2D eigenvalue weighted by Gasteiger charge is 2.30. The van der Waals surface area contributed by atoms with Gasteiger partial charge in [-0.1, -0.05) is 42.8 Å². The molecule has 7 nitrogen and oxygen atoms in total. The Morgan fingerprint density at radius 3 is 2.65 bits per heavy atom. The van der Waals surface area contributed by atoms with Crippen molar-refractivity contribution in [3.05, 3.63) is 54.6 Å². The standard InChI is InChI=1S/C26H27N3O4S/c30-34(31,24-10-6-8-19-7-2-3-9-21(19)24)26-22-17-20(32-15-13-28-11-4-1-5-12-28)18-23-25(22)29(27-26)14-16-33-23/h2-3,6-10,17-18H,1,4-5,11-16H2. The molecule has 0 spiro atoms. The Balaban J connectivity index is 1.40. The Morgan fingerprint density at radius 1 is 0.941 bits per heavy atom. The number of hydrogen-bond acceptors (Lipinski definition) is 6. The summed E-state index contributed by atoms with van der Waals surface area (Å²) in [7, 11) is -3.88. The van der Waals surface area contributed by atoms with E-state index in [1.165, 1.54) is 19.3 Å². The number of aromatic nitrogens is 2. The second-order valence-electron chi connectivity index (χ2n) is 8.93. The van der Waals surface area contributed by atoms with Gasteiger partial charge in [-0.25, -0.2) is 8.42 Å². The molecule has 0 N–H and O–H groups in total. The van der Waals surface area contributed by atoms with Crippen molar-refractivity contribution in [2.24, 2.45) is 0 Å². The average molecular weight is 478 g/mol. The monoisotopic (exact) mass is 477 g/mol. The summed E-state index contributed by atoms with van der Waals surface area (Å²) in [6.45, 7) is 4.56. The van der Waals surface area contributed by atoms with Crippen LogP contribution < -0.4 is 9.47 Å². The maximum atomic E-state index is 13.9. The molecule has 0 radical (unpaired) electrons. The molecule has 2 aliphatic heterocycles. The molecule has 3 aromatic carbocycles. The first-order chi connectivity index (χ1) is 16.6. The van der Waals surface area contributed by atoms with Crippen LogP contribution in [0.5, 0.6) is 11.5 Å². The van der Waals surface area contributed by atoms with Crippen molar-refractivity contribution in [2.45, 2.75) is 35.7 Å². The lowest BCUT2D eigenvalue weighted by Gasteiger charge is -2.26. The summed E-state index contributed by atoms with van der Waals surface area (Å²) in [5.74, 6) is 1.22. The Hall–Kier alpha value is -3.10. The van der Waals surface area contributed by atoms with Crippen molar-refractivity contribution in [3.63, 3.8) is 0 Å². The third-order valence-electron chi connectivity index (χ3n) is 6.73. The molecular weight excluding hydrogens is 450 g/mol. The molecule has 3 heterocycles. The fraction of sp³-hybridized carbons (Fsp3) is 0.346. The smallest absolute Gasteiger partial charge is 0.226 e. The molecule has 0 atom stereocenters. The minimum absolute atomic E-state index is 0.0482. The SMILES string of the molecule is O=S(=O)(c1cccc2ccccc12)c1nn2c3c(cc(OCCN4CCCCC4)cc13)OCC2. The van der Waals surface area contributed by atoms with Crippen molar-refractivity contribution in [2.75, 3.05) is 32.8 Å². The van der Waals surface area contributed by atoms with Gasteiger partial charge in [-0.15, -0.1) is 0 Å². The second kappa shape index (κ2) is 8.60. The number of ether oxygens (including phenoxy) is 2. The molecule has 0 bridgehead atoms. The van der Waals surface area contributed by atoms with Gasteiger partial charge in [-0.3, -0.25) is 9.58 Å². The third kappa shape index (κ3) is 3.71. The Kier molecular flexibility index (Phi) is 5.42. The van der Waals surface area contributed by atoms with Gasteiger partial charge in [-0.2, -0.15) is 5.10 Å². The summed E-state index contributed by atoms with van der Waals surface area (Å²) in [6.07, 6.45) is 3.77. The zero-order chi connectivity index (χ0) is 23.1. The molecule has 1 saturated heterocycles. The Labute approximate surface area is 198 Å². The highest BCUT2D eigenvalue weighted by Crippen LogP contribution is 2.39. The molecule has 34 heavy (non-hydrogen) atoms. The van der Waals surface area contributed by atoms with Crippen LogP contribution in [0, 0.1) is 0 Å². The molecule has 0 saturated carbocycles. The first kappa shape index (κ1) is 21.4. The van der Waals surface area contributed by atoms with Crippen molar-refractivity contribution in [1.29, 1.82) is 0 Å². The van der Waals surface area contributed by atoms with Crippen LogP contribution in [0.4, 0.5) is 0 Å². The Bertz CT molecular complexity index is 1470. The third-order valence-corrected chi connectivity index (χ3v) is 8.47. The number of nitrogens with zero attached hydrogens (tertiary/aromatic N) is 3. The summed E-state index contributed by atoms with van der Waals surface area (Å²) in [5.41, 5.74) is 0.702.